The van der Waals surface area contributed by atoms with Crippen molar-refractivity contribution < 1.29 is 23.4 Å². The van der Waals surface area contributed by atoms with Gasteiger partial charge in [0.15, 0.2) is 17.1 Å². The first kappa shape index (κ1) is 13.7. The van der Waals surface area contributed by atoms with Crippen LogP contribution in [-0.2, 0) is 4.79 Å². The maximum atomic E-state index is 13.4. The van der Waals surface area contributed by atoms with E-state index in [0.29, 0.717) is 0 Å². The van der Waals surface area contributed by atoms with Gasteiger partial charge in [-0.1, -0.05) is 6.07 Å². The van der Waals surface area contributed by atoms with E-state index >= 15 is 0 Å². The number of carboxylic acid groups (broad SMARTS) is 1. The van der Waals surface area contributed by atoms with Crippen molar-refractivity contribution in [2.75, 3.05) is 13.7 Å². The largest absolute Gasteiger partial charge is 0.488 e. The number of likely N-dealkylation sites (N-methyl/N-ethyl adjacent to an activating group) is 1. The third-order valence-electron chi connectivity index (χ3n) is 3.47. The maximum Gasteiger partial charge on any atom is 0.327 e. The summed E-state index contributed by atoms with van der Waals surface area (Å²) in [7, 11) is 1.53. The minimum Gasteiger partial charge on any atom is -0.488 e. The maximum absolute atomic E-state index is 13.4. The summed E-state index contributed by atoms with van der Waals surface area (Å²) in [5, 5.41) is 12.1. The lowest BCUT2D eigenvalue weighted by Crippen LogP contribution is -2.56. The molecular formula is C13H15F2NO3. The van der Waals surface area contributed by atoms with Crippen LogP contribution < -0.4 is 10.1 Å². The molecule has 1 unspecified atom stereocenters. The fourth-order valence-corrected chi connectivity index (χ4v) is 2.10. The summed E-state index contributed by atoms with van der Waals surface area (Å²) < 4.78 is 31.6. The van der Waals surface area contributed by atoms with Crippen LogP contribution in [0.15, 0.2) is 18.2 Å². The Morgan fingerprint density at radius 2 is 2.21 bits per heavy atom. The fourth-order valence-electron chi connectivity index (χ4n) is 2.10. The van der Waals surface area contributed by atoms with Gasteiger partial charge in [0.1, 0.15) is 6.61 Å². The number of carboxylic acids is 1. The van der Waals surface area contributed by atoms with Gasteiger partial charge in [0.2, 0.25) is 5.82 Å². The number of rotatable bonds is 6. The average molecular weight is 271 g/mol. The van der Waals surface area contributed by atoms with Crippen molar-refractivity contribution in [2.45, 2.75) is 18.4 Å². The number of hydrogen-bond acceptors (Lipinski definition) is 3. The number of aliphatic carboxylic acids is 1. The summed E-state index contributed by atoms with van der Waals surface area (Å²) in [4.78, 5) is 11.4. The van der Waals surface area contributed by atoms with Crippen molar-refractivity contribution in [3.63, 3.8) is 0 Å². The molecule has 2 rings (SSSR count). The second kappa shape index (κ2) is 5.13. The van der Waals surface area contributed by atoms with Crippen molar-refractivity contribution >= 4 is 5.97 Å². The molecule has 1 aliphatic rings. The van der Waals surface area contributed by atoms with Crippen LogP contribution in [0.3, 0.4) is 0 Å². The highest BCUT2D eigenvalue weighted by atomic mass is 19.2. The molecule has 0 spiro atoms. The van der Waals surface area contributed by atoms with Gasteiger partial charge in [0.25, 0.3) is 0 Å². The van der Waals surface area contributed by atoms with Gasteiger partial charge < -0.3 is 15.2 Å². The van der Waals surface area contributed by atoms with Gasteiger partial charge in [-0.05, 0) is 37.9 Å². The van der Waals surface area contributed by atoms with E-state index in [-0.39, 0.29) is 18.3 Å². The quantitative estimate of drug-likeness (QED) is 0.828. The molecule has 0 aromatic heterocycles. The summed E-state index contributed by atoms with van der Waals surface area (Å²) in [6.45, 7) is -0.246. The summed E-state index contributed by atoms with van der Waals surface area (Å²) in [6, 6.07) is 3.56. The Hall–Kier alpha value is -1.69. The molecule has 1 saturated carbocycles. The van der Waals surface area contributed by atoms with E-state index in [1.54, 1.807) is 0 Å². The first-order valence-corrected chi connectivity index (χ1v) is 6.00. The zero-order chi connectivity index (χ0) is 14.0. The minimum absolute atomic E-state index is 0.0494. The van der Waals surface area contributed by atoms with Crippen molar-refractivity contribution in [3.8, 4) is 5.75 Å². The van der Waals surface area contributed by atoms with E-state index in [9.17, 15) is 18.7 Å². The summed E-state index contributed by atoms with van der Waals surface area (Å²) in [5.74, 6) is -3.49. The molecule has 19 heavy (non-hydrogen) atoms. The highest BCUT2D eigenvalue weighted by molar-refractivity contribution is 5.80. The molecule has 0 aliphatic heterocycles. The van der Waals surface area contributed by atoms with Crippen molar-refractivity contribution in [3.05, 3.63) is 29.8 Å². The predicted octanol–water partition coefficient (Wildman–Crippen LogP) is 1.80. The summed E-state index contributed by atoms with van der Waals surface area (Å²) >= 11 is 0. The van der Waals surface area contributed by atoms with E-state index in [0.717, 1.165) is 18.9 Å². The molecule has 0 amide bonds. The fraction of sp³-hybridized carbons (Fsp3) is 0.462. The van der Waals surface area contributed by atoms with Crippen LogP contribution in [0.5, 0.6) is 5.75 Å². The number of nitrogens with one attached hydrogen (secondary N) is 1. The molecule has 1 atom stereocenters. The summed E-state index contributed by atoms with van der Waals surface area (Å²) in [6.07, 6.45) is 1.56. The third kappa shape index (κ3) is 2.53. The van der Waals surface area contributed by atoms with Gasteiger partial charge in [0.05, 0.1) is 0 Å². The Kier molecular flexibility index (Phi) is 3.71. The van der Waals surface area contributed by atoms with E-state index in [4.69, 9.17) is 4.74 Å². The van der Waals surface area contributed by atoms with Crippen LogP contribution in [0.2, 0.25) is 0 Å². The molecule has 1 aromatic carbocycles. The van der Waals surface area contributed by atoms with Gasteiger partial charge in [0, 0.05) is 0 Å². The predicted molar refractivity (Wildman–Crippen MR) is 64.0 cm³/mol. The third-order valence-corrected chi connectivity index (χ3v) is 3.47. The van der Waals surface area contributed by atoms with Crippen LogP contribution in [0.1, 0.15) is 12.8 Å². The molecule has 6 heteroatoms. The zero-order valence-electron chi connectivity index (χ0n) is 10.5. The highest BCUT2D eigenvalue weighted by Gasteiger charge is 2.51. The van der Waals surface area contributed by atoms with E-state index in [1.807, 2.05) is 0 Å². The van der Waals surface area contributed by atoms with Crippen LogP contribution in [0, 0.1) is 17.6 Å². The number of benzene rings is 1. The number of carbonyl (C=O) groups is 1. The first-order valence-electron chi connectivity index (χ1n) is 6.00. The van der Waals surface area contributed by atoms with Gasteiger partial charge in [-0.25, -0.2) is 4.39 Å². The number of hydrogen-bond donors (Lipinski definition) is 2. The van der Waals surface area contributed by atoms with Crippen molar-refractivity contribution in [2.24, 2.45) is 5.92 Å². The summed E-state index contributed by atoms with van der Waals surface area (Å²) in [5.41, 5.74) is -1.25. The van der Waals surface area contributed by atoms with Crippen LogP contribution in [0.25, 0.3) is 0 Å². The van der Waals surface area contributed by atoms with Gasteiger partial charge >= 0.3 is 5.97 Å². The molecule has 0 radical (unpaired) electrons. The second-order valence-corrected chi connectivity index (χ2v) is 4.64. The molecule has 104 valence electrons. The van der Waals surface area contributed by atoms with Crippen molar-refractivity contribution in [1.29, 1.82) is 0 Å². The smallest absolute Gasteiger partial charge is 0.327 e. The Balaban J connectivity index is 2.15. The molecule has 1 fully saturated rings. The normalized spacial score (nSPS) is 17.8. The standard InChI is InChI=1S/C13H15F2NO3/c1-16-13(12(17)18,8-5-6-8)7-19-10-4-2-3-9(14)11(10)15/h2-4,8,16H,5-7H2,1H3,(H,17,18). The van der Waals surface area contributed by atoms with E-state index < -0.39 is 23.1 Å². The lowest BCUT2D eigenvalue weighted by molar-refractivity contribution is -0.147. The second-order valence-electron chi connectivity index (χ2n) is 4.64. The molecule has 0 saturated heterocycles. The first-order chi connectivity index (χ1) is 9.01. The van der Waals surface area contributed by atoms with Crippen LogP contribution >= 0.6 is 0 Å². The van der Waals surface area contributed by atoms with Gasteiger partial charge in [-0.3, -0.25) is 4.79 Å². The van der Waals surface area contributed by atoms with E-state index in [1.165, 1.54) is 19.2 Å². The molecular weight excluding hydrogens is 256 g/mol. The minimum atomic E-state index is -1.25. The Labute approximate surface area is 109 Å². The van der Waals surface area contributed by atoms with Crippen LogP contribution in [-0.4, -0.2) is 30.3 Å². The molecule has 4 nitrogen and oxygen atoms in total. The van der Waals surface area contributed by atoms with E-state index in [2.05, 4.69) is 5.32 Å². The lowest BCUT2D eigenvalue weighted by atomic mass is 9.94. The van der Waals surface area contributed by atoms with Gasteiger partial charge in [-0.15, -0.1) is 0 Å². The Morgan fingerprint density at radius 3 is 2.74 bits per heavy atom. The molecule has 1 aliphatic carbocycles. The molecule has 0 bridgehead atoms. The zero-order valence-corrected chi connectivity index (χ0v) is 10.5. The molecule has 2 N–H and O–H groups in total. The van der Waals surface area contributed by atoms with Crippen molar-refractivity contribution in [1.82, 2.24) is 5.32 Å². The number of ether oxygens (including phenoxy) is 1. The number of halogens is 2. The highest BCUT2D eigenvalue weighted by Crippen LogP contribution is 2.40. The van der Waals surface area contributed by atoms with Crippen LogP contribution in [0.4, 0.5) is 8.78 Å². The Bertz CT molecular complexity index is 491. The Morgan fingerprint density at radius 1 is 1.53 bits per heavy atom. The average Bonchev–Trinajstić information content (AvgIpc) is 3.20. The molecule has 0 heterocycles. The monoisotopic (exact) mass is 271 g/mol. The lowest BCUT2D eigenvalue weighted by Gasteiger charge is -2.29. The topological polar surface area (TPSA) is 58.6 Å². The SMILES string of the molecule is CNC(COc1cccc(F)c1F)(C(=O)O)C1CC1. The van der Waals surface area contributed by atoms with Gasteiger partial charge in [-0.2, -0.15) is 4.39 Å². The molecule has 1 aromatic rings.